The van der Waals surface area contributed by atoms with E-state index in [-0.39, 0.29) is 0 Å². The van der Waals surface area contributed by atoms with Crippen molar-refractivity contribution < 1.29 is 9.53 Å². The summed E-state index contributed by atoms with van der Waals surface area (Å²) in [6.07, 6.45) is 1.80. The molecule has 1 aromatic rings. The highest BCUT2D eigenvalue weighted by Crippen LogP contribution is 2.18. The molecule has 16 heavy (non-hydrogen) atoms. The molecule has 0 fully saturated rings. The first-order chi connectivity index (χ1) is 7.63. The zero-order valence-electron chi connectivity index (χ0n) is 10.2. The van der Waals surface area contributed by atoms with Gasteiger partial charge in [-0.05, 0) is 39.6 Å². The van der Waals surface area contributed by atoms with E-state index in [4.69, 9.17) is 4.74 Å². The molecule has 88 valence electrons. The lowest BCUT2D eigenvalue weighted by atomic mass is 10.1. The minimum absolute atomic E-state index is 0.629. The average Bonchev–Trinajstić information content (AvgIpc) is 2.25. The third kappa shape index (κ3) is 4.03. The molecular formula is C13H19NO2. The number of hydrogen-bond donors (Lipinski definition) is 0. The summed E-state index contributed by atoms with van der Waals surface area (Å²) in [4.78, 5) is 12.9. The van der Waals surface area contributed by atoms with Crippen LogP contribution in [-0.2, 0) is 0 Å². The van der Waals surface area contributed by atoms with Crippen LogP contribution >= 0.6 is 0 Å². The molecule has 0 radical (unpaired) electrons. The summed E-state index contributed by atoms with van der Waals surface area (Å²) in [6.45, 7) is 3.59. The zero-order chi connectivity index (χ0) is 12.0. The molecule has 0 saturated carbocycles. The predicted molar refractivity (Wildman–Crippen MR) is 65.2 cm³/mol. The van der Waals surface area contributed by atoms with Crippen molar-refractivity contribution in [1.82, 2.24) is 4.90 Å². The summed E-state index contributed by atoms with van der Waals surface area (Å²) >= 11 is 0. The van der Waals surface area contributed by atoms with Crippen LogP contribution in [0.5, 0.6) is 5.75 Å². The number of rotatable bonds is 6. The molecule has 1 rings (SSSR count). The van der Waals surface area contributed by atoms with E-state index in [2.05, 4.69) is 4.90 Å². The first-order valence-corrected chi connectivity index (χ1v) is 5.47. The highest BCUT2D eigenvalue weighted by molar-refractivity contribution is 5.79. The Labute approximate surface area is 97.0 Å². The van der Waals surface area contributed by atoms with Gasteiger partial charge in [-0.1, -0.05) is 11.6 Å². The first-order valence-electron chi connectivity index (χ1n) is 5.47. The standard InChI is InChI=1S/C13H19NO2/c1-11-5-6-13(12(9-11)10-15)16-8-4-7-14(2)3/h5-6,9-10H,4,7-8H2,1-3H3. The second-order valence-corrected chi connectivity index (χ2v) is 4.16. The van der Waals surface area contributed by atoms with Crippen LogP contribution in [0.4, 0.5) is 0 Å². The molecule has 0 aliphatic rings. The molecule has 0 aliphatic carbocycles. The summed E-state index contributed by atoms with van der Waals surface area (Å²) in [5.41, 5.74) is 1.70. The van der Waals surface area contributed by atoms with Gasteiger partial charge in [0.1, 0.15) is 5.75 Å². The molecule has 0 amide bonds. The monoisotopic (exact) mass is 221 g/mol. The summed E-state index contributed by atoms with van der Waals surface area (Å²) in [6, 6.07) is 5.65. The van der Waals surface area contributed by atoms with Gasteiger partial charge in [0.25, 0.3) is 0 Å². The zero-order valence-corrected chi connectivity index (χ0v) is 10.2. The molecule has 0 unspecified atom stereocenters. The lowest BCUT2D eigenvalue weighted by molar-refractivity contribution is 0.111. The molecule has 0 atom stereocenters. The quantitative estimate of drug-likeness (QED) is 0.544. The number of benzene rings is 1. The van der Waals surface area contributed by atoms with Crippen LogP contribution in [0, 0.1) is 6.92 Å². The second kappa shape index (κ2) is 6.28. The Morgan fingerprint density at radius 3 is 2.75 bits per heavy atom. The summed E-state index contributed by atoms with van der Waals surface area (Å²) in [5.74, 6) is 0.680. The summed E-state index contributed by atoms with van der Waals surface area (Å²) in [7, 11) is 4.06. The van der Waals surface area contributed by atoms with Crippen molar-refractivity contribution in [3.63, 3.8) is 0 Å². The average molecular weight is 221 g/mol. The van der Waals surface area contributed by atoms with Crippen molar-refractivity contribution in [3.8, 4) is 5.75 Å². The normalized spacial score (nSPS) is 10.5. The van der Waals surface area contributed by atoms with Gasteiger partial charge in [0.2, 0.25) is 0 Å². The van der Waals surface area contributed by atoms with Gasteiger partial charge in [-0.2, -0.15) is 0 Å². The van der Waals surface area contributed by atoms with Gasteiger partial charge in [-0.15, -0.1) is 0 Å². The fraction of sp³-hybridized carbons (Fsp3) is 0.462. The highest BCUT2D eigenvalue weighted by atomic mass is 16.5. The molecule has 3 nitrogen and oxygen atoms in total. The largest absolute Gasteiger partial charge is 0.493 e. The number of ether oxygens (including phenoxy) is 1. The molecule has 0 aliphatic heterocycles. The highest BCUT2D eigenvalue weighted by Gasteiger charge is 2.02. The lowest BCUT2D eigenvalue weighted by Crippen LogP contribution is -2.15. The number of carbonyl (C=O) groups is 1. The van der Waals surface area contributed by atoms with Gasteiger partial charge in [0, 0.05) is 6.54 Å². The van der Waals surface area contributed by atoms with Crippen LogP contribution < -0.4 is 4.74 Å². The van der Waals surface area contributed by atoms with Crippen molar-refractivity contribution in [2.45, 2.75) is 13.3 Å². The smallest absolute Gasteiger partial charge is 0.153 e. The maximum Gasteiger partial charge on any atom is 0.153 e. The minimum Gasteiger partial charge on any atom is -0.493 e. The Morgan fingerprint density at radius 1 is 1.38 bits per heavy atom. The molecular weight excluding hydrogens is 202 g/mol. The number of hydrogen-bond acceptors (Lipinski definition) is 3. The summed E-state index contributed by atoms with van der Waals surface area (Å²) in [5, 5.41) is 0. The molecule has 0 saturated heterocycles. The van der Waals surface area contributed by atoms with Gasteiger partial charge >= 0.3 is 0 Å². The Bertz CT molecular complexity index is 348. The van der Waals surface area contributed by atoms with E-state index < -0.39 is 0 Å². The van der Waals surface area contributed by atoms with Crippen LogP contribution in [0.25, 0.3) is 0 Å². The third-order valence-electron chi connectivity index (χ3n) is 2.30. The minimum atomic E-state index is 0.629. The van der Waals surface area contributed by atoms with Crippen molar-refractivity contribution in [1.29, 1.82) is 0 Å². The lowest BCUT2D eigenvalue weighted by Gasteiger charge is -2.11. The Kier molecular flexibility index (Phi) is 4.99. The Hall–Kier alpha value is -1.35. The second-order valence-electron chi connectivity index (χ2n) is 4.16. The predicted octanol–water partition coefficient (Wildman–Crippen LogP) is 2.14. The fourth-order valence-corrected chi connectivity index (χ4v) is 1.45. The molecule has 1 aromatic carbocycles. The van der Waals surface area contributed by atoms with E-state index in [1.54, 1.807) is 0 Å². The van der Waals surface area contributed by atoms with Gasteiger partial charge in [-0.3, -0.25) is 4.79 Å². The van der Waals surface area contributed by atoms with Gasteiger partial charge in [0.05, 0.1) is 12.2 Å². The van der Waals surface area contributed by atoms with Crippen LogP contribution in [-0.4, -0.2) is 38.4 Å². The van der Waals surface area contributed by atoms with Gasteiger partial charge in [-0.25, -0.2) is 0 Å². The Balaban J connectivity index is 2.50. The Morgan fingerprint density at radius 2 is 2.12 bits per heavy atom. The number of aryl methyl sites for hydroxylation is 1. The third-order valence-corrected chi connectivity index (χ3v) is 2.30. The van der Waals surface area contributed by atoms with E-state index >= 15 is 0 Å². The van der Waals surface area contributed by atoms with E-state index in [1.807, 2.05) is 39.2 Å². The molecule has 0 aromatic heterocycles. The van der Waals surface area contributed by atoms with Crippen LogP contribution in [0.15, 0.2) is 18.2 Å². The van der Waals surface area contributed by atoms with Crippen molar-refractivity contribution in [2.24, 2.45) is 0 Å². The van der Waals surface area contributed by atoms with Crippen molar-refractivity contribution >= 4 is 6.29 Å². The molecule has 0 heterocycles. The maximum atomic E-state index is 10.8. The van der Waals surface area contributed by atoms with Crippen LogP contribution in [0.3, 0.4) is 0 Å². The number of aldehydes is 1. The van der Waals surface area contributed by atoms with E-state index in [9.17, 15) is 4.79 Å². The SMILES string of the molecule is Cc1ccc(OCCCN(C)C)c(C=O)c1. The van der Waals surface area contributed by atoms with Gasteiger partial charge < -0.3 is 9.64 Å². The molecule has 3 heteroatoms. The topological polar surface area (TPSA) is 29.5 Å². The number of nitrogens with zero attached hydrogens (tertiary/aromatic N) is 1. The number of carbonyl (C=O) groups excluding carboxylic acids is 1. The van der Waals surface area contributed by atoms with Crippen molar-refractivity contribution in [3.05, 3.63) is 29.3 Å². The maximum absolute atomic E-state index is 10.8. The molecule has 0 N–H and O–H groups in total. The van der Waals surface area contributed by atoms with Gasteiger partial charge in [0.15, 0.2) is 6.29 Å². The first kappa shape index (κ1) is 12.7. The van der Waals surface area contributed by atoms with E-state index in [0.29, 0.717) is 17.9 Å². The van der Waals surface area contributed by atoms with E-state index in [0.717, 1.165) is 24.8 Å². The van der Waals surface area contributed by atoms with Crippen LogP contribution in [0.2, 0.25) is 0 Å². The fourth-order valence-electron chi connectivity index (χ4n) is 1.45. The molecule has 0 spiro atoms. The molecule has 0 bridgehead atoms. The summed E-state index contributed by atoms with van der Waals surface area (Å²) < 4.78 is 5.58. The van der Waals surface area contributed by atoms with E-state index in [1.165, 1.54) is 0 Å². The van der Waals surface area contributed by atoms with Crippen molar-refractivity contribution in [2.75, 3.05) is 27.2 Å². The van der Waals surface area contributed by atoms with Crippen LogP contribution in [0.1, 0.15) is 22.3 Å².